The number of aliphatic hydroxyl groups excluding tert-OH is 1. The Hall–Kier alpha value is -2.27. The van der Waals surface area contributed by atoms with Gasteiger partial charge in [-0.2, -0.15) is 4.98 Å². The number of nitrogen functional groups attached to an aromatic ring is 1. The van der Waals surface area contributed by atoms with Crippen LogP contribution < -0.4 is 21.6 Å². The maximum Gasteiger partial charge on any atom is 0.488 e. The lowest BCUT2D eigenvalue weighted by molar-refractivity contribution is -0.245. The molecular weight excluding hydrogens is 492 g/mol. The van der Waals surface area contributed by atoms with Gasteiger partial charge in [0.2, 0.25) is 5.95 Å². The smallest absolute Gasteiger partial charge is 0.488 e. The van der Waals surface area contributed by atoms with E-state index in [2.05, 4.69) is 19.5 Å². The lowest BCUT2D eigenvalue weighted by Gasteiger charge is -2.34. The van der Waals surface area contributed by atoms with E-state index >= 15 is 0 Å². The molecule has 4 heterocycles. The number of rotatable bonds is 5. The third kappa shape index (κ3) is 4.28. The minimum absolute atomic E-state index is 0.0384. The summed E-state index contributed by atoms with van der Waals surface area (Å²) in [6.07, 6.45) is -4.73. The van der Waals surface area contributed by atoms with Gasteiger partial charge in [0.15, 0.2) is 22.5 Å². The first-order chi connectivity index (χ1) is 16.1. The molecule has 3 unspecified atom stereocenters. The molecule has 17 heteroatoms. The van der Waals surface area contributed by atoms with E-state index in [-0.39, 0.29) is 28.9 Å². The van der Waals surface area contributed by atoms with Crippen molar-refractivity contribution in [2.24, 2.45) is 0 Å². The van der Waals surface area contributed by atoms with Crippen LogP contribution in [0.4, 0.5) is 5.95 Å². The number of anilines is 1. The van der Waals surface area contributed by atoms with Crippen molar-refractivity contribution in [3.8, 4) is 0 Å². The highest BCUT2D eigenvalue weighted by molar-refractivity contribution is 7.98. The zero-order valence-corrected chi connectivity index (χ0v) is 18.9. The van der Waals surface area contributed by atoms with E-state index in [1.54, 1.807) is 24.3 Å². The molecule has 2 fully saturated rings. The predicted octanol–water partition coefficient (Wildman–Crippen LogP) is -2.18. The fourth-order valence-electron chi connectivity index (χ4n) is 3.79. The number of phosphoric acid groups is 1. The number of ether oxygens (including phenoxy) is 1. The van der Waals surface area contributed by atoms with Crippen molar-refractivity contribution >= 4 is 49.3 Å². The van der Waals surface area contributed by atoms with Gasteiger partial charge in [-0.1, -0.05) is 36.0 Å². The van der Waals surface area contributed by atoms with Gasteiger partial charge >= 0.3 is 7.12 Å². The van der Waals surface area contributed by atoms with Crippen molar-refractivity contribution in [2.45, 2.75) is 35.4 Å². The van der Waals surface area contributed by atoms with E-state index in [0.29, 0.717) is 11.2 Å². The minimum atomic E-state index is -4.58. The number of fused-ring (bicyclic) bond motifs is 2. The summed E-state index contributed by atoms with van der Waals surface area (Å²) in [5, 5.41) is 29.6. The third-order valence-corrected chi connectivity index (χ3v) is 7.38. The predicted molar refractivity (Wildman–Crippen MR) is 117 cm³/mol. The number of imidazole rings is 1. The van der Waals surface area contributed by atoms with Gasteiger partial charge in [0.25, 0.3) is 13.4 Å². The molecule has 1 aromatic carbocycles. The number of hydrogen-bond acceptors (Lipinski definition) is 13. The summed E-state index contributed by atoms with van der Waals surface area (Å²) < 4.78 is 28.5. The second-order valence-electron chi connectivity index (χ2n) is 7.66. The Bertz CT molecular complexity index is 1340. The van der Waals surface area contributed by atoms with Gasteiger partial charge in [-0.15, -0.1) is 0 Å². The summed E-state index contributed by atoms with van der Waals surface area (Å²) in [6, 6.07) is 6.52. The first kappa shape index (κ1) is 23.5. The van der Waals surface area contributed by atoms with Crippen molar-refractivity contribution in [3.05, 3.63) is 40.2 Å². The standard InChI is InChI=1S/C17H19BN5O9PS/c19-16-21-13-10(14(25)22-16)20-17(34-6-7-1-3-8(4-2-7)18(26)27)23(13)15-11(24)12-9(31-15)5-30-33(28,29)32-12/h1-4,9,11-12,15,24,26-27H,5-6H2,(H,28,29)(H3,19,21,22,25)/p-1/t9?,11?,12-,15-/m1/s1. The molecule has 0 saturated carbocycles. The highest BCUT2D eigenvalue weighted by Crippen LogP contribution is 2.50. The van der Waals surface area contributed by atoms with Crippen molar-refractivity contribution in [1.29, 1.82) is 0 Å². The first-order valence-corrected chi connectivity index (χ1v) is 12.4. The molecule has 0 amide bonds. The van der Waals surface area contributed by atoms with E-state index in [9.17, 15) is 29.4 Å². The fraction of sp³-hybridized carbons (Fsp3) is 0.353. The molecule has 0 radical (unpaired) electrons. The van der Waals surface area contributed by atoms with Crippen molar-refractivity contribution in [3.63, 3.8) is 0 Å². The van der Waals surface area contributed by atoms with E-state index in [1.807, 2.05) is 0 Å². The number of H-pyrrole nitrogens is 1. The van der Waals surface area contributed by atoms with Gasteiger partial charge in [-0.05, 0) is 11.0 Å². The number of thioether (sulfide) groups is 1. The van der Waals surface area contributed by atoms with Crippen molar-refractivity contribution in [2.75, 3.05) is 12.3 Å². The largest absolute Gasteiger partial charge is 0.756 e. The van der Waals surface area contributed by atoms with E-state index < -0.39 is 45.0 Å². The van der Waals surface area contributed by atoms with Crippen LogP contribution in [0.2, 0.25) is 0 Å². The fourth-order valence-corrected chi connectivity index (χ4v) is 5.71. The average Bonchev–Trinajstić information content (AvgIpc) is 3.29. The molecule has 3 aromatic rings. The van der Waals surface area contributed by atoms with E-state index in [4.69, 9.17) is 15.0 Å². The maximum atomic E-state index is 12.4. The SMILES string of the molecule is Nc1nc2c(nc(SCc3ccc(B(O)O)cc3)n2[C@@H]2OC3COP(=O)([O-])O[C@H]3C2O)c(=O)[nH]1. The molecule has 2 aromatic heterocycles. The lowest BCUT2D eigenvalue weighted by Crippen LogP contribution is -2.41. The molecule has 2 saturated heterocycles. The number of aromatic nitrogens is 4. The van der Waals surface area contributed by atoms with E-state index in [0.717, 1.165) is 5.56 Å². The highest BCUT2D eigenvalue weighted by Gasteiger charge is 2.51. The number of benzene rings is 1. The molecule has 0 bridgehead atoms. The molecule has 6 N–H and O–H groups in total. The molecule has 2 aliphatic heterocycles. The molecule has 180 valence electrons. The minimum Gasteiger partial charge on any atom is -0.756 e. The van der Waals surface area contributed by atoms with Gasteiger partial charge in [0.1, 0.15) is 18.3 Å². The summed E-state index contributed by atoms with van der Waals surface area (Å²) in [5.74, 6) is 0.172. The third-order valence-electron chi connectivity index (χ3n) is 5.39. The normalized spacial score (nSPS) is 28.8. The number of nitrogens with zero attached hydrogens (tertiary/aromatic N) is 3. The van der Waals surface area contributed by atoms with Gasteiger partial charge in [0, 0.05) is 5.75 Å². The number of phosphoric ester groups is 1. The summed E-state index contributed by atoms with van der Waals surface area (Å²) >= 11 is 1.19. The molecule has 0 spiro atoms. The van der Waals surface area contributed by atoms with Crippen LogP contribution in [0, 0.1) is 0 Å². The van der Waals surface area contributed by atoms with Crippen LogP contribution in [0.3, 0.4) is 0 Å². The average molecular weight is 510 g/mol. The highest BCUT2D eigenvalue weighted by atomic mass is 32.2. The summed E-state index contributed by atoms with van der Waals surface area (Å²) in [6.45, 7) is -0.340. The number of nitrogens with two attached hydrogens (primary N) is 1. The number of nitrogens with one attached hydrogen (secondary N) is 1. The van der Waals surface area contributed by atoms with Gasteiger partial charge in [-0.25, -0.2) is 4.98 Å². The van der Waals surface area contributed by atoms with Gasteiger partial charge in [-0.3, -0.25) is 18.9 Å². The van der Waals surface area contributed by atoms with Crippen molar-refractivity contribution < 1.29 is 38.4 Å². The molecule has 5 rings (SSSR count). The molecule has 14 nitrogen and oxygen atoms in total. The van der Waals surface area contributed by atoms with Crippen LogP contribution in [0.1, 0.15) is 11.8 Å². The molecule has 5 atom stereocenters. The Kier molecular flexibility index (Phi) is 6.04. The quantitative estimate of drug-likeness (QED) is 0.140. The second-order valence-corrected chi connectivity index (χ2v) is 9.97. The van der Waals surface area contributed by atoms with Crippen LogP contribution in [-0.4, -0.2) is 66.7 Å². The molecule has 2 aliphatic rings. The summed E-state index contributed by atoms with van der Waals surface area (Å²) in [5.41, 5.74) is 6.24. The maximum absolute atomic E-state index is 12.4. The van der Waals surface area contributed by atoms with Crippen LogP contribution in [0.25, 0.3) is 11.2 Å². The number of aromatic amines is 1. The van der Waals surface area contributed by atoms with Crippen LogP contribution in [-0.2, 0) is 24.1 Å². The second kappa shape index (κ2) is 8.75. The topological polar surface area (TPSA) is 218 Å². The molecular formula is C17H18BN5O9PS-. The zero-order chi connectivity index (χ0) is 24.2. The zero-order valence-electron chi connectivity index (χ0n) is 17.2. The number of hydrogen-bond donors (Lipinski definition) is 5. The van der Waals surface area contributed by atoms with Crippen LogP contribution in [0.5, 0.6) is 0 Å². The Balaban J connectivity index is 1.51. The Morgan fingerprint density at radius 2 is 2.06 bits per heavy atom. The van der Waals surface area contributed by atoms with Crippen molar-refractivity contribution in [1.82, 2.24) is 19.5 Å². The Morgan fingerprint density at radius 3 is 2.76 bits per heavy atom. The van der Waals surface area contributed by atoms with Gasteiger partial charge < -0.3 is 39.6 Å². The van der Waals surface area contributed by atoms with Gasteiger partial charge in [0.05, 0.1) is 6.61 Å². The monoisotopic (exact) mass is 510 g/mol. The lowest BCUT2D eigenvalue weighted by atomic mass is 9.80. The van der Waals surface area contributed by atoms with Crippen LogP contribution in [0.15, 0.2) is 34.2 Å². The first-order valence-electron chi connectivity index (χ1n) is 9.96. The molecule has 0 aliphatic carbocycles. The summed E-state index contributed by atoms with van der Waals surface area (Å²) in [7, 11) is -6.17. The Morgan fingerprint density at radius 1 is 1.32 bits per heavy atom. The van der Waals surface area contributed by atoms with Crippen LogP contribution >= 0.6 is 19.6 Å². The number of aliphatic hydroxyl groups is 1. The van der Waals surface area contributed by atoms with E-state index in [1.165, 1.54) is 16.3 Å². The summed E-state index contributed by atoms with van der Waals surface area (Å²) in [4.78, 5) is 35.0. The molecule has 34 heavy (non-hydrogen) atoms. The Labute approximate surface area is 195 Å².